The highest BCUT2D eigenvalue weighted by molar-refractivity contribution is 7.92. The van der Waals surface area contributed by atoms with Gasteiger partial charge in [-0.15, -0.1) is 0 Å². The molecule has 238 valence electrons. The van der Waals surface area contributed by atoms with E-state index in [-0.39, 0.29) is 39.7 Å². The Labute approximate surface area is 262 Å². The van der Waals surface area contributed by atoms with E-state index in [1.54, 1.807) is 6.92 Å². The van der Waals surface area contributed by atoms with Crippen LogP contribution >= 0.6 is 11.6 Å². The molecule has 2 amide bonds. The average molecular weight is 650 g/mol. The Morgan fingerprint density at radius 3 is 2.11 bits per heavy atom. The molecule has 44 heavy (non-hydrogen) atoms. The maximum Gasteiger partial charge on any atom is 0.265 e. The predicted octanol–water partition coefficient (Wildman–Crippen LogP) is 5.03. The van der Waals surface area contributed by atoms with Gasteiger partial charge < -0.3 is 24.4 Å². The first-order valence-corrected chi connectivity index (χ1v) is 15.6. The van der Waals surface area contributed by atoms with E-state index in [1.165, 1.54) is 86.9 Å². The number of benzene rings is 3. The number of ether oxygens (including phenoxy) is 3. The van der Waals surface area contributed by atoms with Gasteiger partial charge in [-0.25, -0.2) is 12.8 Å². The van der Waals surface area contributed by atoms with Gasteiger partial charge in [0.2, 0.25) is 11.8 Å². The summed E-state index contributed by atoms with van der Waals surface area (Å²) in [5.41, 5.74) is 0.541. The number of halogens is 2. The van der Waals surface area contributed by atoms with Gasteiger partial charge in [-0.1, -0.05) is 30.7 Å². The van der Waals surface area contributed by atoms with Gasteiger partial charge in [0.05, 0.1) is 31.9 Å². The number of hydrogen-bond donors (Lipinski definition) is 1. The SMILES string of the molecule is CC[C@@H](C)NC(=O)[C@@H](C)N(Cc1ccc(F)cc1)C(=O)CN(c1cc(Cl)ccc1OC)S(=O)(=O)c1ccc(OC)c(OC)c1. The van der Waals surface area contributed by atoms with Crippen molar-refractivity contribution < 1.29 is 36.6 Å². The quantitative estimate of drug-likeness (QED) is 0.261. The van der Waals surface area contributed by atoms with Gasteiger partial charge in [0, 0.05) is 23.7 Å². The molecule has 0 aliphatic rings. The number of anilines is 1. The second-order valence-corrected chi connectivity index (χ2v) is 12.3. The van der Waals surface area contributed by atoms with Crippen LogP contribution in [0.1, 0.15) is 32.8 Å². The van der Waals surface area contributed by atoms with Gasteiger partial charge in [-0.05, 0) is 68.3 Å². The van der Waals surface area contributed by atoms with Crippen LogP contribution in [-0.2, 0) is 26.2 Å². The molecule has 0 spiro atoms. The molecule has 3 rings (SSSR count). The monoisotopic (exact) mass is 649 g/mol. The highest BCUT2D eigenvalue weighted by atomic mass is 35.5. The predicted molar refractivity (Wildman–Crippen MR) is 166 cm³/mol. The van der Waals surface area contributed by atoms with Crippen molar-refractivity contribution in [1.29, 1.82) is 0 Å². The molecule has 0 saturated heterocycles. The van der Waals surface area contributed by atoms with Gasteiger partial charge >= 0.3 is 0 Å². The third-order valence-electron chi connectivity index (χ3n) is 7.07. The zero-order valence-corrected chi connectivity index (χ0v) is 27.0. The standard InChI is InChI=1S/C31H37ClFN3O7S/c1-7-20(2)34-31(38)21(3)35(18-22-8-11-24(33)12-9-22)30(37)19-36(26-16-23(32)10-14-27(26)41-4)44(39,40)25-13-15-28(42-5)29(17-25)43-6/h8-17,20-21H,7,18-19H2,1-6H3,(H,34,38)/t20-,21-/m1/s1. The van der Waals surface area contributed by atoms with Crippen LogP contribution in [-0.4, -0.2) is 65.1 Å². The lowest BCUT2D eigenvalue weighted by atomic mass is 10.1. The van der Waals surface area contributed by atoms with E-state index < -0.39 is 40.2 Å². The van der Waals surface area contributed by atoms with Crippen molar-refractivity contribution in [3.8, 4) is 17.2 Å². The number of sulfonamides is 1. The molecule has 0 saturated carbocycles. The first kappa shape index (κ1) is 34.5. The minimum atomic E-state index is -4.48. The Morgan fingerprint density at radius 2 is 1.52 bits per heavy atom. The van der Waals surface area contributed by atoms with Gasteiger partial charge in [0.25, 0.3) is 10.0 Å². The number of nitrogens with zero attached hydrogens (tertiary/aromatic N) is 2. The highest BCUT2D eigenvalue weighted by Gasteiger charge is 2.34. The summed E-state index contributed by atoms with van der Waals surface area (Å²) in [5.74, 6) is -0.989. The van der Waals surface area contributed by atoms with E-state index in [2.05, 4.69) is 5.32 Å². The molecular weight excluding hydrogens is 613 g/mol. The van der Waals surface area contributed by atoms with Crippen molar-refractivity contribution in [2.24, 2.45) is 0 Å². The molecule has 10 nitrogen and oxygen atoms in total. The van der Waals surface area contributed by atoms with Crippen LogP contribution < -0.4 is 23.8 Å². The van der Waals surface area contributed by atoms with Gasteiger partial charge in [0.1, 0.15) is 24.2 Å². The summed E-state index contributed by atoms with van der Waals surface area (Å²) in [4.78, 5) is 28.4. The molecule has 0 bridgehead atoms. The molecule has 0 radical (unpaired) electrons. The van der Waals surface area contributed by atoms with E-state index in [9.17, 15) is 22.4 Å². The number of amides is 2. The molecule has 0 heterocycles. The summed E-state index contributed by atoms with van der Waals surface area (Å²) < 4.78 is 59.1. The lowest BCUT2D eigenvalue weighted by molar-refractivity contribution is -0.139. The van der Waals surface area contributed by atoms with Crippen LogP contribution in [0.25, 0.3) is 0 Å². The highest BCUT2D eigenvalue weighted by Crippen LogP contribution is 2.37. The molecule has 0 aliphatic heterocycles. The van der Waals surface area contributed by atoms with E-state index in [1.807, 2.05) is 13.8 Å². The number of nitrogens with one attached hydrogen (secondary N) is 1. The Hall–Kier alpha value is -4.03. The molecular formula is C31H37ClFN3O7S. The largest absolute Gasteiger partial charge is 0.495 e. The van der Waals surface area contributed by atoms with Crippen molar-refractivity contribution in [2.75, 3.05) is 32.2 Å². The average Bonchev–Trinajstić information content (AvgIpc) is 3.02. The second kappa shape index (κ2) is 15.1. The molecule has 0 aromatic heterocycles. The van der Waals surface area contributed by atoms with Crippen LogP contribution in [0, 0.1) is 5.82 Å². The van der Waals surface area contributed by atoms with Crippen molar-refractivity contribution in [3.63, 3.8) is 0 Å². The zero-order chi connectivity index (χ0) is 32.6. The van der Waals surface area contributed by atoms with E-state index in [0.29, 0.717) is 17.7 Å². The van der Waals surface area contributed by atoms with Gasteiger partial charge in [-0.2, -0.15) is 0 Å². The molecule has 0 aliphatic carbocycles. The molecule has 1 N–H and O–H groups in total. The number of carbonyl (C=O) groups excluding carboxylic acids is 2. The van der Waals surface area contributed by atoms with Gasteiger partial charge in [0.15, 0.2) is 11.5 Å². The van der Waals surface area contributed by atoms with Crippen molar-refractivity contribution in [1.82, 2.24) is 10.2 Å². The molecule has 2 atom stereocenters. The third kappa shape index (κ3) is 8.11. The van der Waals surface area contributed by atoms with Crippen LogP contribution in [0.2, 0.25) is 5.02 Å². The summed E-state index contributed by atoms with van der Waals surface area (Å²) in [5, 5.41) is 3.06. The molecule has 3 aromatic rings. The third-order valence-corrected chi connectivity index (χ3v) is 9.06. The number of methoxy groups -OCH3 is 3. The summed E-state index contributed by atoms with van der Waals surface area (Å²) in [7, 11) is -0.328. The van der Waals surface area contributed by atoms with Crippen molar-refractivity contribution in [3.05, 3.63) is 77.1 Å². The Bertz CT molecular complexity index is 1570. The summed E-state index contributed by atoms with van der Waals surface area (Å²) in [6.45, 7) is 4.47. The lowest BCUT2D eigenvalue weighted by Gasteiger charge is -2.33. The van der Waals surface area contributed by atoms with Crippen LogP contribution in [0.3, 0.4) is 0 Å². The first-order valence-electron chi connectivity index (χ1n) is 13.8. The Morgan fingerprint density at radius 1 is 0.909 bits per heavy atom. The Balaban J connectivity index is 2.14. The number of hydrogen-bond acceptors (Lipinski definition) is 7. The van der Waals surface area contributed by atoms with E-state index in [4.69, 9.17) is 25.8 Å². The molecule has 13 heteroatoms. The fraction of sp³-hybridized carbons (Fsp3) is 0.355. The minimum Gasteiger partial charge on any atom is -0.495 e. The minimum absolute atomic E-state index is 0.00146. The molecule has 0 fully saturated rings. The summed E-state index contributed by atoms with van der Waals surface area (Å²) in [6, 6.07) is 12.7. The number of rotatable bonds is 14. The zero-order valence-electron chi connectivity index (χ0n) is 25.5. The maximum atomic E-state index is 14.3. The topological polar surface area (TPSA) is 114 Å². The van der Waals surface area contributed by atoms with Crippen molar-refractivity contribution in [2.45, 2.75) is 50.7 Å². The van der Waals surface area contributed by atoms with E-state index in [0.717, 1.165) is 4.31 Å². The molecule has 3 aromatic carbocycles. The van der Waals surface area contributed by atoms with Crippen LogP contribution in [0.4, 0.5) is 10.1 Å². The van der Waals surface area contributed by atoms with Crippen LogP contribution in [0.5, 0.6) is 17.2 Å². The summed E-state index contributed by atoms with van der Waals surface area (Å²) in [6.07, 6.45) is 0.663. The number of carbonyl (C=O) groups is 2. The fourth-order valence-corrected chi connectivity index (χ4v) is 5.91. The van der Waals surface area contributed by atoms with Gasteiger partial charge in [-0.3, -0.25) is 13.9 Å². The smallest absolute Gasteiger partial charge is 0.265 e. The van der Waals surface area contributed by atoms with E-state index >= 15 is 0 Å². The second-order valence-electron chi connectivity index (χ2n) is 9.99. The fourth-order valence-electron chi connectivity index (χ4n) is 4.31. The Kier molecular flexibility index (Phi) is 11.8. The summed E-state index contributed by atoms with van der Waals surface area (Å²) >= 11 is 6.28. The maximum absolute atomic E-state index is 14.3. The normalized spacial score (nSPS) is 12.5. The molecule has 0 unspecified atom stereocenters. The lowest BCUT2D eigenvalue weighted by Crippen LogP contribution is -2.52. The first-order chi connectivity index (χ1) is 20.9. The van der Waals surface area contributed by atoms with Crippen LogP contribution in [0.15, 0.2) is 65.6 Å². The van der Waals surface area contributed by atoms with Crippen molar-refractivity contribution >= 4 is 39.1 Å².